The molecule has 7 nitrogen and oxygen atoms in total. The molecule has 1 aliphatic rings. The molecular formula is C20H27N7. The van der Waals surface area contributed by atoms with Crippen LogP contribution in [0, 0.1) is 5.92 Å². The van der Waals surface area contributed by atoms with Crippen molar-refractivity contribution in [2.45, 2.75) is 32.9 Å². The van der Waals surface area contributed by atoms with Crippen LogP contribution in [0.25, 0.3) is 11.0 Å². The number of piperidine rings is 1. The van der Waals surface area contributed by atoms with Crippen molar-refractivity contribution in [1.82, 2.24) is 24.6 Å². The lowest BCUT2D eigenvalue weighted by atomic mass is 9.99. The van der Waals surface area contributed by atoms with Crippen LogP contribution >= 0.6 is 0 Å². The largest absolute Gasteiger partial charge is 0.383 e. The van der Waals surface area contributed by atoms with E-state index in [0.29, 0.717) is 18.3 Å². The predicted molar refractivity (Wildman–Crippen MR) is 108 cm³/mol. The molecule has 2 aromatic heterocycles. The van der Waals surface area contributed by atoms with Crippen LogP contribution in [0.4, 0.5) is 11.8 Å². The summed E-state index contributed by atoms with van der Waals surface area (Å²) in [6.45, 7) is 6.37. The van der Waals surface area contributed by atoms with E-state index in [-0.39, 0.29) is 0 Å². The molecule has 1 aliphatic heterocycles. The summed E-state index contributed by atoms with van der Waals surface area (Å²) >= 11 is 0. The third kappa shape index (κ3) is 3.88. The van der Waals surface area contributed by atoms with E-state index >= 15 is 0 Å². The number of fused-ring (bicyclic) bond motifs is 1. The Morgan fingerprint density at radius 2 is 2.04 bits per heavy atom. The third-order valence-corrected chi connectivity index (χ3v) is 5.31. The average Bonchev–Trinajstić information content (AvgIpc) is 3.03. The van der Waals surface area contributed by atoms with E-state index in [1.165, 1.54) is 37.1 Å². The van der Waals surface area contributed by atoms with Crippen LogP contribution in [0.15, 0.2) is 30.5 Å². The van der Waals surface area contributed by atoms with Crippen LogP contribution in [-0.4, -0.2) is 37.7 Å². The number of anilines is 2. The highest BCUT2D eigenvalue weighted by atomic mass is 15.3. The number of hydrogen-bond acceptors (Lipinski definition) is 6. The molecule has 1 atom stereocenters. The van der Waals surface area contributed by atoms with Crippen LogP contribution in [0.1, 0.15) is 30.9 Å². The Balaban J connectivity index is 1.49. The smallest absolute Gasteiger partial charge is 0.226 e. The number of aromatic nitrogens is 4. The van der Waals surface area contributed by atoms with Gasteiger partial charge in [-0.1, -0.05) is 31.2 Å². The highest BCUT2D eigenvalue weighted by Gasteiger charge is 2.17. The van der Waals surface area contributed by atoms with Gasteiger partial charge in [-0.25, -0.2) is 0 Å². The van der Waals surface area contributed by atoms with Crippen LogP contribution in [0.3, 0.4) is 0 Å². The Kier molecular flexibility index (Phi) is 4.94. The zero-order valence-electron chi connectivity index (χ0n) is 16.0. The van der Waals surface area contributed by atoms with E-state index < -0.39 is 0 Å². The number of hydrogen-bond donors (Lipinski definition) is 2. The van der Waals surface area contributed by atoms with Gasteiger partial charge in [0.25, 0.3) is 0 Å². The molecule has 0 radical (unpaired) electrons. The summed E-state index contributed by atoms with van der Waals surface area (Å²) in [7, 11) is 1.85. The number of rotatable bonds is 5. The van der Waals surface area contributed by atoms with E-state index in [2.05, 4.69) is 56.5 Å². The van der Waals surface area contributed by atoms with Crippen LogP contribution in [0.2, 0.25) is 0 Å². The van der Waals surface area contributed by atoms with Gasteiger partial charge in [0.15, 0.2) is 5.65 Å². The van der Waals surface area contributed by atoms with Gasteiger partial charge in [-0.15, -0.1) is 0 Å². The number of aryl methyl sites for hydroxylation is 1. The molecule has 0 spiro atoms. The van der Waals surface area contributed by atoms with Gasteiger partial charge < -0.3 is 11.1 Å². The van der Waals surface area contributed by atoms with E-state index in [1.807, 2.05) is 7.05 Å². The van der Waals surface area contributed by atoms with Crippen molar-refractivity contribution in [3.8, 4) is 0 Å². The minimum absolute atomic E-state index is 0.450. The Morgan fingerprint density at radius 1 is 1.22 bits per heavy atom. The molecule has 1 saturated heterocycles. The van der Waals surface area contributed by atoms with Crippen molar-refractivity contribution in [2.75, 3.05) is 24.1 Å². The fourth-order valence-corrected chi connectivity index (χ4v) is 3.85. The second-order valence-corrected chi connectivity index (χ2v) is 7.54. The first kappa shape index (κ1) is 17.7. The van der Waals surface area contributed by atoms with Gasteiger partial charge in [0, 0.05) is 26.7 Å². The van der Waals surface area contributed by atoms with E-state index in [0.717, 1.165) is 23.5 Å². The lowest BCUT2D eigenvalue weighted by Gasteiger charge is -2.31. The first-order valence-corrected chi connectivity index (χ1v) is 9.58. The van der Waals surface area contributed by atoms with Crippen molar-refractivity contribution in [3.05, 3.63) is 41.6 Å². The second kappa shape index (κ2) is 7.52. The molecule has 4 rings (SSSR count). The molecule has 1 fully saturated rings. The molecule has 0 bridgehead atoms. The summed E-state index contributed by atoms with van der Waals surface area (Å²) in [5.74, 6) is 1.77. The topological polar surface area (TPSA) is 84.9 Å². The number of nitrogens with one attached hydrogen (secondary N) is 1. The normalized spacial score (nSPS) is 18.1. The van der Waals surface area contributed by atoms with Gasteiger partial charge in [0.2, 0.25) is 5.95 Å². The van der Waals surface area contributed by atoms with Gasteiger partial charge in [0.1, 0.15) is 5.82 Å². The van der Waals surface area contributed by atoms with E-state index in [9.17, 15) is 0 Å². The first-order chi connectivity index (χ1) is 13.1. The molecule has 0 saturated carbocycles. The third-order valence-electron chi connectivity index (χ3n) is 5.31. The van der Waals surface area contributed by atoms with Crippen molar-refractivity contribution in [3.63, 3.8) is 0 Å². The number of nitrogens with zero attached hydrogens (tertiary/aromatic N) is 5. The predicted octanol–water partition coefficient (Wildman–Crippen LogP) is 2.79. The summed E-state index contributed by atoms with van der Waals surface area (Å²) in [6, 6.07) is 8.58. The number of nitrogen functional groups attached to an aromatic ring is 1. The first-order valence-electron chi connectivity index (χ1n) is 9.58. The lowest BCUT2D eigenvalue weighted by molar-refractivity contribution is 0.176. The molecule has 27 heavy (non-hydrogen) atoms. The van der Waals surface area contributed by atoms with E-state index in [1.54, 1.807) is 10.9 Å². The van der Waals surface area contributed by atoms with E-state index in [4.69, 9.17) is 5.73 Å². The molecular weight excluding hydrogens is 338 g/mol. The number of nitrogens with two attached hydrogens (primary N) is 1. The minimum Gasteiger partial charge on any atom is -0.383 e. The van der Waals surface area contributed by atoms with Gasteiger partial charge in [0.05, 0.1) is 11.6 Å². The molecule has 0 amide bonds. The van der Waals surface area contributed by atoms with Gasteiger partial charge in [-0.05, 0) is 36.4 Å². The van der Waals surface area contributed by atoms with Crippen molar-refractivity contribution >= 4 is 22.8 Å². The number of likely N-dealkylation sites (tertiary alicyclic amines) is 1. The Bertz CT molecular complexity index is 933. The molecule has 1 unspecified atom stereocenters. The van der Waals surface area contributed by atoms with Crippen LogP contribution in [0.5, 0.6) is 0 Å². The highest BCUT2D eigenvalue weighted by Crippen LogP contribution is 2.21. The quantitative estimate of drug-likeness (QED) is 0.723. The molecule has 3 heterocycles. The standard InChI is InChI=1S/C20H27N7/c1-14-6-5-9-27(12-14)13-16-8-4-3-7-15(16)10-22-20-24-18(21)17-11-23-26(2)19(17)25-20/h3-4,7-8,11,14H,5-6,9-10,12-13H2,1-2H3,(H3,21,22,24,25). The molecule has 3 aromatic rings. The summed E-state index contributed by atoms with van der Waals surface area (Å²) in [6.07, 6.45) is 4.33. The van der Waals surface area contributed by atoms with Crippen LogP contribution < -0.4 is 11.1 Å². The molecule has 3 N–H and O–H groups in total. The van der Waals surface area contributed by atoms with Crippen molar-refractivity contribution in [1.29, 1.82) is 0 Å². The van der Waals surface area contributed by atoms with Gasteiger partial charge >= 0.3 is 0 Å². The molecule has 142 valence electrons. The van der Waals surface area contributed by atoms with Crippen molar-refractivity contribution in [2.24, 2.45) is 13.0 Å². The molecule has 0 aliphatic carbocycles. The fourth-order valence-electron chi connectivity index (χ4n) is 3.85. The fraction of sp³-hybridized carbons (Fsp3) is 0.450. The maximum Gasteiger partial charge on any atom is 0.226 e. The maximum atomic E-state index is 6.05. The molecule has 7 heteroatoms. The Hall–Kier alpha value is -2.67. The summed E-state index contributed by atoms with van der Waals surface area (Å²) in [5, 5.41) is 8.32. The zero-order valence-corrected chi connectivity index (χ0v) is 16.0. The maximum absolute atomic E-state index is 6.05. The monoisotopic (exact) mass is 365 g/mol. The van der Waals surface area contributed by atoms with Crippen molar-refractivity contribution < 1.29 is 0 Å². The van der Waals surface area contributed by atoms with Gasteiger partial charge in [-0.3, -0.25) is 9.58 Å². The average molecular weight is 365 g/mol. The second-order valence-electron chi connectivity index (χ2n) is 7.54. The lowest BCUT2D eigenvalue weighted by Crippen LogP contribution is -2.34. The SMILES string of the molecule is CC1CCCN(Cc2ccccc2CNc2nc(N)c3cnn(C)c3n2)C1. The summed E-state index contributed by atoms with van der Waals surface area (Å²) < 4.78 is 1.71. The minimum atomic E-state index is 0.450. The van der Waals surface area contributed by atoms with Gasteiger partial charge in [-0.2, -0.15) is 15.1 Å². The highest BCUT2D eigenvalue weighted by molar-refractivity contribution is 5.86. The summed E-state index contributed by atoms with van der Waals surface area (Å²) in [5.41, 5.74) is 9.41. The van der Waals surface area contributed by atoms with Crippen LogP contribution in [-0.2, 0) is 20.1 Å². The Morgan fingerprint density at radius 3 is 2.85 bits per heavy atom. The number of benzene rings is 1. The molecule has 1 aromatic carbocycles. The zero-order chi connectivity index (χ0) is 18.8. The summed E-state index contributed by atoms with van der Waals surface area (Å²) in [4.78, 5) is 11.5. The Labute approximate surface area is 159 Å².